The molecule has 0 aromatic heterocycles. The minimum absolute atomic E-state index is 0.161. The molecule has 0 saturated heterocycles. The van der Waals surface area contributed by atoms with E-state index in [1.807, 2.05) is 0 Å². The molecule has 0 fully saturated rings. The average Bonchev–Trinajstić information content (AvgIpc) is 2.92. The van der Waals surface area contributed by atoms with E-state index >= 15 is 0 Å². The molecule has 0 saturated carbocycles. The van der Waals surface area contributed by atoms with Crippen LogP contribution in [0.1, 0.15) is 25.0 Å². The Kier molecular flexibility index (Phi) is 1.95. The standard InChI is InChI=1S/C17H14P/c1-17(2)14-7-8-18-16(14)13-9-11-5-3-4-6-12(11)10-15(13)17/h3-10H,1-2H3/q+1. The Bertz CT molecular complexity index is 784. The summed E-state index contributed by atoms with van der Waals surface area (Å²) in [6, 6.07) is 13.4. The van der Waals surface area contributed by atoms with Crippen LogP contribution in [0.2, 0.25) is 0 Å². The van der Waals surface area contributed by atoms with E-state index in [1.165, 1.54) is 40.6 Å². The summed E-state index contributed by atoms with van der Waals surface area (Å²) >= 11 is 0. The predicted molar refractivity (Wildman–Crippen MR) is 82.2 cm³/mol. The van der Waals surface area contributed by atoms with E-state index in [0.29, 0.717) is 0 Å². The van der Waals surface area contributed by atoms with E-state index in [1.54, 1.807) is 0 Å². The van der Waals surface area contributed by atoms with Gasteiger partial charge in [-0.15, -0.1) is 0 Å². The van der Waals surface area contributed by atoms with E-state index in [4.69, 9.17) is 0 Å². The first kappa shape index (κ1) is 10.5. The first-order valence-corrected chi connectivity index (χ1v) is 7.30. The van der Waals surface area contributed by atoms with Crippen molar-refractivity contribution < 1.29 is 0 Å². The van der Waals surface area contributed by atoms with Crippen LogP contribution in [0.4, 0.5) is 0 Å². The molecule has 0 nitrogen and oxygen atoms in total. The van der Waals surface area contributed by atoms with E-state index in [2.05, 4.69) is 62.1 Å². The van der Waals surface area contributed by atoms with Gasteiger partial charge in [0, 0.05) is 0 Å². The third kappa shape index (κ3) is 1.19. The first-order valence-electron chi connectivity index (χ1n) is 6.34. The molecule has 0 bridgehead atoms. The first-order chi connectivity index (χ1) is 8.68. The summed E-state index contributed by atoms with van der Waals surface area (Å²) in [4.78, 5) is 0. The molecule has 86 valence electrons. The SMILES string of the molecule is CC1(C)C2=CC=[P+]=C2c2cc3ccccc3cc21. The van der Waals surface area contributed by atoms with Gasteiger partial charge >= 0.3 is 108 Å². The van der Waals surface area contributed by atoms with Gasteiger partial charge in [-0.05, 0) is 0 Å². The van der Waals surface area contributed by atoms with Crippen molar-refractivity contribution in [2.24, 2.45) is 0 Å². The molecule has 0 spiro atoms. The quantitative estimate of drug-likeness (QED) is 0.609. The van der Waals surface area contributed by atoms with Crippen molar-refractivity contribution in [3.63, 3.8) is 0 Å². The molecular formula is C17H14P+. The molecule has 0 amide bonds. The summed E-state index contributed by atoms with van der Waals surface area (Å²) in [6.07, 6.45) is 2.31. The van der Waals surface area contributed by atoms with Gasteiger partial charge in [0.05, 0.1) is 0 Å². The maximum atomic E-state index is 2.38. The number of rotatable bonds is 0. The maximum absolute atomic E-state index is 2.38. The second-order valence-electron chi connectivity index (χ2n) is 5.58. The predicted octanol–water partition coefficient (Wildman–Crippen LogP) is 4.34. The van der Waals surface area contributed by atoms with Crippen molar-refractivity contribution in [1.29, 1.82) is 0 Å². The van der Waals surface area contributed by atoms with Crippen molar-refractivity contribution in [3.8, 4) is 0 Å². The summed E-state index contributed by atoms with van der Waals surface area (Å²) in [5, 5.41) is 4.22. The van der Waals surface area contributed by atoms with Crippen LogP contribution in [-0.4, -0.2) is 11.1 Å². The van der Waals surface area contributed by atoms with Crippen molar-refractivity contribution in [2.75, 3.05) is 0 Å². The van der Waals surface area contributed by atoms with E-state index in [0.717, 1.165) is 0 Å². The van der Waals surface area contributed by atoms with Gasteiger partial charge in [-0.25, -0.2) is 0 Å². The summed E-state index contributed by atoms with van der Waals surface area (Å²) in [7, 11) is 1.36. The molecule has 1 aliphatic carbocycles. The Morgan fingerprint density at radius 3 is 2.50 bits per heavy atom. The Morgan fingerprint density at radius 2 is 1.72 bits per heavy atom. The summed E-state index contributed by atoms with van der Waals surface area (Å²) in [5.41, 5.74) is 4.62. The average molecular weight is 249 g/mol. The van der Waals surface area contributed by atoms with Crippen molar-refractivity contribution >= 4 is 29.7 Å². The van der Waals surface area contributed by atoms with Gasteiger partial charge in [0.1, 0.15) is 0 Å². The molecule has 2 aromatic carbocycles. The van der Waals surface area contributed by atoms with Crippen molar-refractivity contribution in [3.05, 3.63) is 59.2 Å². The molecule has 0 unspecified atom stereocenters. The van der Waals surface area contributed by atoms with Crippen LogP contribution in [0.5, 0.6) is 0 Å². The Morgan fingerprint density at radius 1 is 1.00 bits per heavy atom. The van der Waals surface area contributed by atoms with Crippen LogP contribution in [0.25, 0.3) is 10.8 Å². The van der Waals surface area contributed by atoms with Gasteiger partial charge in [-0.3, -0.25) is 0 Å². The van der Waals surface area contributed by atoms with Crippen molar-refractivity contribution in [2.45, 2.75) is 19.3 Å². The normalized spacial score (nSPS) is 19.0. The van der Waals surface area contributed by atoms with E-state index in [-0.39, 0.29) is 5.41 Å². The number of hydrogen-bond donors (Lipinski definition) is 0. The molecule has 0 atom stereocenters. The van der Waals surface area contributed by atoms with Gasteiger partial charge in [0.25, 0.3) is 0 Å². The van der Waals surface area contributed by atoms with Gasteiger partial charge in [0.2, 0.25) is 0 Å². The van der Waals surface area contributed by atoms with Crippen LogP contribution in [-0.2, 0) is 5.41 Å². The van der Waals surface area contributed by atoms with E-state index in [9.17, 15) is 0 Å². The van der Waals surface area contributed by atoms with Crippen LogP contribution >= 0.6 is 7.83 Å². The van der Waals surface area contributed by atoms with Crippen molar-refractivity contribution in [1.82, 2.24) is 0 Å². The molecule has 0 N–H and O–H groups in total. The topological polar surface area (TPSA) is 0 Å². The fraction of sp³-hybridized carbons (Fsp3) is 0.176. The third-order valence-electron chi connectivity index (χ3n) is 4.19. The molecule has 0 radical (unpaired) electrons. The summed E-state index contributed by atoms with van der Waals surface area (Å²) < 4.78 is 0. The molecule has 1 aliphatic heterocycles. The zero-order valence-corrected chi connectivity index (χ0v) is 11.5. The summed E-state index contributed by atoms with van der Waals surface area (Å²) in [5.74, 6) is 2.27. The van der Waals surface area contributed by atoms with E-state index < -0.39 is 0 Å². The molecule has 2 aliphatic rings. The van der Waals surface area contributed by atoms with Crippen LogP contribution in [0.3, 0.4) is 0 Å². The fourth-order valence-electron chi connectivity index (χ4n) is 3.15. The molecule has 4 rings (SSSR count). The van der Waals surface area contributed by atoms with Crippen LogP contribution < -0.4 is 0 Å². The van der Waals surface area contributed by atoms with Gasteiger partial charge in [0.15, 0.2) is 0 Å². The molecular weight excluding hydrogens is 235 g/mol. The monoisotopic (exact) mass is 249 g/mol. The third-order valence-corrected chi connectivity index (χ3v) is 5.23. The summed E-state index contributed by atoms with van der Waals surface area (Å²) in [6.45, 7) is 4.68. The minimum atomic E-state index is 0.161. The Hall–Kier alpha value is -1.39. The number of fused-ring (bicyclic) bond motifs is 4. The van der Waals surface area contributed by atoms with Gasteiger partial charge in [-0.2, -0.15) is 0 Å². The number of hydrogen-bond acceptors (Lipinski definition) is 0. The second-order valence-corrected chi connectivity index (χ2v) is 6.58. The van der Waals surface area contributed by atoms with Crippen LogP contribution in [0.15, 0.2) is 48.0 Å². The van der Waals surface area contributed by atoms with Gasteiger partial charge in [-0.1, -0.05) is 0 Å². The number of benzene rings is 2. The Labute approximate surface area is 108 Å². The molecule has 2 aromatic rings. The Balaban J connectivity index is 2.16. The van der Waals surface area contributed by atoms with Crippen LogP contribution in [0, 0.1) is 0 Å². The number of allylic oxidation sites excluding steroid dienone is 2. The zero-order chi connectivity index (χ0) is 12.3. The van der Waals surface area contributed by atoms with Gasteiger partial charge < -0.3 is 0 Å². The molecule has 1 heteroatoms. The second kappa shape index (κ2) is 3.33. The fourth-order valence-corrected chi connectivity index (χ4v) is 4.34. The molecule has 18 heavy (non-hydrogen) atoms. The zero-order valence-electron chi connectivity index (χ0n) is 10.6. The molecule has 1 heterocycles.